The Balaban J connectivity index is 2.00. The highest BCUT2D eigenvalue weighted by Gasteiger charge is 2.27. The second-order valence-electron chi connectivity index (χ2n) is 6.96. The number of hydrogen-bond acceptors (Lipinski definition) is 6. The average Bonchev–Trinajstić information content (AvgIpc) is 2.74. The second-order valence-corrected chi connectivity index (χ2v) is 6.96. The van der Waals surface area contributed by atoms with Gasteiger partial charge in [-0.25, -0.2) is 9.18 Å². The van der Waals surface area contributed by atoms with Gasteiger partial charge in [0.2, 0.25) is 0 Å². The molecule has 0 saturated heterocycles. The zero-order chi connectivity index (χ0) is 23.0. The van der Waals surface area contributed by atoms with Crippen LogP contribution in [0.3, 0.4) is 0 Å². The van der Waals surface area contributed by atoms with Crippen molar-refractivity contribution in [3.05, 3.63) is 53.8 Å². The first-order valence-electron chi connectivity index (χ1n) is 9.49. The van der Waals surface area contributed by atoms with Gasteiger partial charge in [-0.05, 0) is 36.2 Å². The van der Waals surface area contributed by atoms with Gasteiger partial charge in [0.25, 0.3) is 11.8 Å². The van der Waals surface area contributed by atoms with Crippen LogP contribution < -0.4 is 20.1 Å². The Hall–Kier alpha value is -3.62. The van der Waals surface area contributed by atoms with Crippen LogP contribution in [0.5, 0.6) is 11.5 Å². The fourth-order valence-corrected chi connectivity index (χ4v) is 2.65. The van der Waals surface area contributed by atoms with Crippen molar-refractivity contribution in [2.75, 3.05) is 26.1 Å². The van der Waals surface area contributed by atoms with E-state index in [2.05, 4.69) is 10.6 Å². The molecule has 31 heavy (non-hydrogen) atoms. The summed E-state index contributed by atoms with van der Waals surface area (Å²) in [7, 11) is 2.92. The van der Waals surface area contributed by atoms with Crippen LogP contribution in [0.25, 0.3) is 0 Å². The third-order valence-electron chi connectivity index (χ3n) is 4.27. The molecule has 1 atom stereocenters. The van der Waals surface area contributed by atoms with Gasteiger partial charge in [0, 0.05) is 17.3 Å². The fraction of sp³-hybridized carbons (Fsp3) is 0.318. The van der Waals surface area contributed by atoms with Crippen molar-refractivity contribution in [3.63, 3.8) is 0 Å². The first-order chi connectivity index (χ1) is 14.7. The Kier molecular flexibility index (Phi) is 8.36. The number of amides is 2. The largest absolute Gasteiger partial charge is 0.497 e. The van der Waals surface area contributed by atoms with E-state index in [-0.39, 0.29) is 17.2 Å². The van der Waals surface area contributed by atoms with Crippen LogP contribution in [-0.2, 0) is 14.3 Å². The molecule has 166 valence electrons. The molecule has 0 aromatic heterocycles. The van der Waals surface area contributed by atoms with Crippen LogP contribution >= 0.6 is 0 Å². The maximum atomic E-state index is 13.2. The Morgan fingerprint density at radius 2 is 1.65 bits per heavy atom. The molecule has 2 N–H and O–H groups in total. The standard InChI is InChI=1S/C22H25FN2O6/c1-13(2)20(25-21(27)14-8-17(29-3)11-18(9-14)30-4)22(28)31-12-19(26)24-16-7-5-6-15(23)10-16/h5-11,13,20H,12H2,1-4H3,(H,24,26)(H,25,27)/t20-/m0/s1. The average molecular weight is 432 g/mol. The van der Waals surface area contributed by atoms with Crippen LogP contribution in [0, 0.1) is 11.7 Å². The molecule has 8 nitrogen and oxygen atoms in total. The molecule has 0 radical (unpaired) electrons. The predicted octanol–water partition coefficient (Wildman–Crippen LogP) is 2.78. The van der Waals surface area contributed by atoms with Gasteiger partial charge in [-0.2, -0.15) is 0 Å². The summed E-state index contributed by atoms with van der Waals surface area (Å²) in [5.74, 6) is -1.92. The first kappa shape index (κ1) is 23.7. The van der Waals surface area contributed by atoms with E-state index in [1.807, 2.05) is 0 Å². The van der Waals surface area contributed by atoms with Gasteiger partial charge in [0.1, 0.15) is 23.4 Å². The van der Waals surface area contributed by atoms with Gasteiger partial charge in [0.15, 0.2) is 6.61 Å². The molecular formula is C22H25FN2O6. The van der Waals surface area contributed by atoms with Gasteiger partial charge < -0.3 is 24.8 Å². The Morgan fingerprint density at radius 3 is 2.19 bits per heavy atom. The van der Waals surface area contributed by atoms with Gasteiger partial charge in [0.05, 0.1) is 14.2 Å². The van der Waals surface area contributed by atoms with Crippen LogP contribution in [0.15, 0.2) is 42.5 Å². The number of halogens is 1. The zero-order valence-corrected chi connectivity index (χ0v) is 17.7. The lowest BCUT2D eigenvalue weighted by Gasteiger charge is -2.21. The normalized spacial score (nSPS) is 11.4. The second kappa shape index (κ2) is 11.0. The molecule has 0 aliphatic heterocycles. The van der Waals surface area contributed by atoms with E-state index in [4.69, 9.17) is 14.2 Å². The number of carbonyl (C=O) groups excluding carboxylic acids is 3. The highest BCUT2D eigenvalue weighted by Crippen LogP contribution is 2.22. The van der Waals surface area contributed by atoms with Gasteiger partial charge in [-0.1, -0.05) is 19.9 Å². The summed E-state index contributed by atoms with van der Waals surface area (Å²) in [6, 6.07) is 8.95. The molecule has 0 unspecified atom stereocenters. The topological polar surface area (TPSA) is 103 Å². The van der Waals surface area contributed by atoms with E-state index >= 15 is 0 Å². The molecule has 0 bridgehead atoms. The summed E-state index contributed by atoms with van der Waals surface area (Å²) in [6.45, 7) is 2.87. The summed E-state index contributed by atoms with van der Waals surface area (Å²) in [4.78, 5) is 37.1. The number of hydrogen-bond donors (Lipinski definition) is 2. The Labute approximate surface area is 179 Å². The molecule has 2 aromatic rings. The van der Waals surface area contributed by atoms with Crippen molar-refractivity contribution in [3.8, 4) is 11.5 Å². The van der Waals surface area contributed by atoms with Crippen LogP contribution in [0.1, 0.15) is 24.2 Å². The first-order valence-corrected chi connectivity index (χ1v) is 9.49. The lowest BCUT2D eigenvalue weighted by atomic mass is 10.0. The Bertz CT molecular complexity index is 925. The van der Waals surface area contributed by atoms with Gasteiger partial charge in [-0.3, -0.25) is 9.59 Å². The van der Waals surface area contributed by atoms with Gasteiger partial charge in [-0.15, -0.1) is 0 Å². The van der Waals surface area contributed by atoms with Crippen LogP contribution in [0.4, 0.5) is 10.1 Å². The minimum absolute atomic E-state index is 0.235. The summed E-state index contributed by atoms with van der Waals surface area (Å²) < 4.78 is 28.5. The smallest absolute Gasteiger partial charge is 0.329 e. The van der Waals surface area contributed by atoms with E-state index < -0.39 is 36.2 Å². The minimum Gasteiger partial charge on any atom is -0.497 e. The molecule has 0 heterocycles. The van der Waals surface area contributed by atoms with Crippen molar-refractivity contribution in [1.82, 2.24) is 5.32 Å². The van der Waals surface area contributed by atoms with Crippen molar-refractivity contribution < 1.29 is 33.0 Å². The summed E-state index contributed by atoms with van der Waals surface area (Å²) >= 11 is 0. The number of anilines is 1. The third kappa shape index (κ3) is 6.98. The molecule has 0 spiro atoms. The fourth-order valence-electron chi connectivity index (χ4n) is 2.65. The molecule has 2 aromatic carbocycles. The monoisotopic (exact) mass is 432 g/mol. The number of benzene rings is 2. The van der Waals surface area contributed by atoms with Crippen molar-refractivity contribution in [1.29, 1.82) is 0 Å². The zero-order valence-electron chi connectivity index (χ0n) is 17.7. The molecule has 0 aliphatic rings. The molecule has 0 fully saturated rings. The quantitative estimate of drug-likeness (QED) is 0.591. The van der Waals surface area contributed by atoms with E-state index in [1.54, 1.807) is 19.9 Å². The van der Waals surface area contributed by atoms with Crippen LogP contribution in [-0.4, -0.2) is 44.7 Å². The lowest BCUT2D eigenvalue weighted by molar-refractivity contribution is -0.150. The molecule has 2 rings (SSSR count). The molecule has 9 heteroatoms. The van der Waals surface area contributed by atoms with Crippen LogP contribution in [0.2, 0.25) is 0 Å². The molecule has 0 saturated carbocycles. The molecule has 0 aliphatic carbocycles. The highest BCUT2D eigenvalue weighted by atomic mass is 19.1. The summed E-state index contributed by atoms with van der Waals surface area (Å²) in [5.41, 5.74) is 0.472. The molecule has 2 amide bonds. The minimum atomic E-state index is -0.994. The summed E-state index contributed by atoms with van der Waals surface area (Å²) in [6.07, 6.45) is 0. The van der Waals surface area contributed by atoms with E-state index in [1.165, 1.54) is 44.6 Å². The van der Waals surface area contributed by atoms with Crippen molar-refractivity contribution in [2.45, 2.75) is 19.9 Å². The predicted molar refractivity (Wildman–Crippen MR) is 112 cm³/mol. The number of rotatable bonds is 9. The maximum Gasteiger partial charge on any atom is 0.329 e. The maximum absolute atomic E-state index is 13.2. The van der Waals surface area contributed by atoms with E-state index in [9.17, 15) is 18.8 Å². The van der Waals surface area contributed by atoms with E-state index in [0.717, 1.165) is 6.07 Å². The van der Waals surface area contributed by atoms with Crippen molar-refractivity contribution in [2.24, 2.45) is 5.92 Å². The number of nitrogens with one attached hydrogen (secondary N) is 2. The highest BCUT2D eigenvalue weighted by molar-refractivity contribution is 5.98. The summed E-state index contributed by atoms with van der Waals surface area (Å²) in [5, 5.41) is 5.04. The molecular weight excluding hydrogens is 407 g/mol. The number of methoxy groups -OCH3 is 2. The third-order valence-corrected chi connectivity index (χ3v) is 4.27. The number of carbonyl (C=O) groups is 3. The lowest BCUT2D eigenvalue weighted by Crippen LogP contribution is -2.46. The number of ether oxygens (including phenoxy) is 3. The van der Waals surface area contributed by atoms with Crippen molar-refractivity contribution >= 4 is 23.5 Å². The Morgan fingerprint density at radius 1 is 1.00 bits per heavy atom. The SMILES string of the molecule is COc1cc(OC)cc(C(=O)N[C@H](C(=O)OCC(=O)Nc2cccc(F)c2)C(C)C)c1. The number of esters is 1. The van der Waals surface area contributed by atoms with E-state index in [0.29, 0.717) is 11.5 Å². The van der Waals surface area contributed by atoms with Gasteiger partial charge >= 0.3 is 5.97 Å².